The number of aliphatic carboxylic acids is 1. The lowest BCUT2D eigenvalue weighted by molar-refractivity contribution is -0.206. The number of hydrogen-bond acceptors (Lipinski definition) is 3. The van der Waals surface area contributed by atoms with Crippen LogP contribution in [0.3, 0.4) is 0 Å². The maximum absolute atomic E-state index is 12.8. The third-order valence-corrected chi connectivity index (χ3v) is 13.3. The van der Waals surface area contributed by atoms with E-state index in [2.05, 4.69) is 47.6 Å². The Labute approximate surface area is 206 Å². The Hall–Kier alpha value is -0.870. The normalized spacial score (nSPS) is 54.1. The van der Waals surface area contributed by atoms with Gasteiger partial charge in [-0.1, -0.05) is 53.2 Å². The molecule has 0 heterocycles. The number of fused-ring (bicyclic) bond motifs is 7. The van der Waals surface area contributed by atoms with E-state index >= 15 is 0 Å². The van der Waals surface area contributed by atoms with E-state index < -0.39 is 11.4 Å². The number of carbonyl (C=O) groups is 1. The first-order valence-corrected chi connectivity index (χ1v) is 13.9. The maximum Gasteiger partial charge on any atom is 0.310 e. The van der Waals surface area contributed by atoms with Crippen LogP contribution in [0.4, 0.5) is 0 Å². The van der Waals surface area contributed by atoms with E-state index in [1.54, 1.807) is 0 Å². The van der Waals surface area contributed by atoms with Gasteiger partial charge in [-0.05, 0) is 109 Å². The van der Waals surface area contributed by atoms with Crippen molar-refractivity contribution in [3.05, 3.63) is 11.6 Å². The summed E-state index contributed by atoms with van der Waals surface area (Å²) in [5.41, 5.74) is 0.844. The van der Waals surface area contributed by atoms with E-state index in [1.165, 1.54) is 5.57 Å². The van der Waals surface area contributed by atoms with Crippen LogP contribution in [0.5, 0.6) is 0 Å². The Kier molecular flexibility index (Phi) is 5.36. The summed E-state index contributed by atoms with van der Waals surface area (Å²) in [6, 6.07) is 0. The monoisotopic (exact) mass is 472 g/mol. The number of rotatable bonds is 2. The van der Waals surface area contributed by atoms with Gasteiger partial charge >= 0.3 is 5.97 Å². The molecule has 4 fully saturated rings. The standard InChI is InChI=1S/C30H48O4/c1-25(2)21-9-12-29(6)22(27(21,4)11-10-23(25)32)8-7-19-20-17-26(3,18-31)13-15-30(20,24(33)34)16-14-28(19,29)5/h7,20-23,31-32H,8-18H2,1-6H3,(H,33,34)/t20-,21-,22+,23+,26+,27-,28+,29+,30-/m0/s1. The third-order valence-electron chi connectivity index (χ3n) is 13.3. The molecule has 0 aromatic carbocycles. The first-order chi connectivity index (χ1) is 15.7. The van der Waals surface area contributed by atoms with Gasteiger partial charge < -0.3 is 15.3 Å². The van der Waals surface area contributed by atoms with Crippen molar-refractivity contribution in [2.24, 2.45) is 50.2 Å². The highest BCUT2D eigenvalue weighted by Gasteiger charge is 2.69. The van der Waals surface area contributed by atoms with Gasteiger partial charge in [0.15, 0.2) is 0 Å². The van der Waals surface area contributed by atoms with E-state index in [0.29, 0.717) is 18.3 Å². The summed E-state index contributed by atoms with van der Waals surface area (Å²) in [6.07, 6.45) is 11.6. The molecule has 0 aromatic heterocycles. The van der Waals surface area contributed by atoms with Gasteiger partial charge in [-0.25, -0.2) is 0 Å². The number of aliphatic hydroxyl groups is 2. The zero-order valence-corrected chi connectivity index (χ0v) is 22.4. The molecule has 3 N–H and O–H groups in total. The maximum atomic E-state index is 12.8. The van der Waals surface area contributed by atoms with E-state index in [0.717, 1.165) is 57.8 Å². The minimum absolute atomic E-state index is 0.00141. The minimum Gasteiger partial charge on any atom is -0.481 e. The third kappa shape index (κ3) is 2.88. The lowest BCUT2D eigenvalue weighted by Crippen LogP contribution is -2.65. The number of carboxylic acid groups (broad SMARTS) is 1. The Morgan fingerprint density at radius 1 is 0.941 bits per heavy atom. The second-order valence-electron chi connectivity index (χ2n) is 14.9. The first kappa shape index (κ1) is 24.8. The van der Waals surface area contributed by atoms with Crippen molar-refractivity contribution < 1.29 is 20.1 Å². The van der Waals surface area contributed by atoms with Gasteiger partial charge in [-0.15, -0.1) is 0 Å². The van der Waals surface area contributed by atoms with E-state index in [-0.39, 0.29) is 45.7 Å². The Bertz CT molecular complexity index is 907. The molecular weight excluding hydrogens is 424 g/mol. The molecule has 4 saturated carbocycles. The van der Waals surface area contributed by atoms with Crippen LogP contribution < -0.4 is 0 Å². The molecule has 192 valence electrons. The highest BCUT2D eigenvalue weighted by molar-refractivity contribution is 5.76. The van der Waals surface area contributed by atoms with E-state index in [4.69, 9.17) is 0 Å². The molecule has 0 unspecified atom stereocenters. The molecular formula is C30H48O4. The summed E-state index contributed by atoms with van der Waals surface area (Å²) < 4.78 is 0. The second-order valence-corrected chi connectivity index (χ2v) is 14.9. The Morgan fingerprint density at radius 3 is 2.26 bits per heavy atom. The second kappa shape index (κ2) is 7.34. The van der Waals surface area contributed by atoms with Crippen molar-refractivity contribution in [3.63, 3.8) is 0 Å². The Balaban J connectivity index is 1.60. The van der Waals surface area contributed by atoms with Crippen LogP contribution in [-0.2, 0) is 4.79 Å². The zero-order valence-electron chi connectivity index (χ0n) is 22.4. The summed E-state index contributed by atoms with van der Waals surface area (Å²) >= 11 is 0. The molecule has 5 rings (SSSR count). The lowest BCUT2D eigenvalue weighted by Gasteiger charge is -2.71. The van der Waals surface area contributed by atoms with Gasteiger partial charge in [0.05, 0.1) is 11.5 Å². The number of allylic oxidation sites excluding steroid dienone is 2. The molecule has 4 nitrogen and oxygen atoms in total. The van der Waals surface area contributed by atoms with Crippen LogP contribution in [0, 0.1) is 50.2 Å². The highest BCUT2D eigenvalue weighted by atomic mass is 16.4. The zero-order chi connectivity index (χ0) is 24.9. The van der Waals surface area contributed by atoms with Crippen molar-refractivity contribution in [3.8, 4) is 0 Å². The molecule has 5 aliphatic rings. The van der Waals surface area contributed by atoms with Crippen molar-refractivity contribution in [2.45, 2.75) is 112 Å². The van der Waals surface area contributed by atoms with Gasteiger partial charge in [0, 0.05) is 6.61 Å². The number of aliphatic hydroxyl groups excluding tert-OH is 2. The van der Waals surface area contributed by atoms with Gasteiger partial charge in [-0.3, -0.25) is 4.79 Å². The number of carboxylic acids is 1. The molecule has 0 amide bonds. The van der Waals surface area contributed by atoms with Crippen molar-refractivity contribution in [1.82, 2.24) is 0 Å². The molecule has 0 saturated heterocycles. The molecule has 5 aliphatic carbocycles. The lowest BCUT2D eigenvalue weighted by atomic mass is 9.33. The smallest absolute Gasteiger partial charge is 0.310 e. The highest BCUT2D eigenvalue weighted by Crippen LogP contribution is 2.75. The first-order valence-electron chi connectivity index (χ1n) is 13.9. The molecule has 0 bridgehead atoms. The van der Waals surface area contributed by atoms with Crippen molar-refractivity contribution >= 4 is 5.97 Å². The van der Waals surface area contributed by atoms with Crippen LogP contribution in [0.2, 0.25) is 0 Å². The van der Waals surface area contributed by atoms with Crippen molar-refractivity contribution in [2.75, 3.05) is 6.61 Å². The summed E-state index contributed by atoms with van der Waals surface area (Å²) in [5, 5.41) is 31.6. The van der Waals surface area contributed by atoms with Crippen molar-refractivity contribution in [1.29, 1.82) is 0 Å². The van der Waals surface area contributed by atoms with Crippen LogP contribution in [0.1, 0.15) is 106 Å². The summed E-state index contributed by atoms with van der Waals surface area (Å²) in [6.45, 7) is 14.4. The molecule has 0 radical (unpaired) electrons. The quantitative estimate of drug-likeness (QED) is 0.418. The Morgan fingerprint density at radius 2 is 1.62 bits per heavy atom. The topological polar surface area (TPSA) is 77.8 Å². The predicted octanol–water partition coefficient (Wildman–Crippen LogP) is 6.21. The minimum atomic E-state index is -0.665. The van der Waals surface area contributed by atoms with Gasteiger partial charge in [0.2, 0.25) is 0 Å². The molecule has 4 heteroatoms. The van der Waals surface area contributed by atoms with Gasteiger partial charge in [0.1, 0.15) is 0 Å². The van der Waals surface area contributed by atoms with E-state index in [9.17, 15) is 20.1 Å². The molecule has 9 atom stereocenters. The largest absolute Gasteiger partial charge is 0.481 e. The van der Waals surface area contributed by atoms with Crippen LogP contribution in [-0.4, -0.2) is 34.0 Å². The molecule has 0 aromatic rings. The fourth-order valence-corrected chi connectivity index (χ4v) is 10.7. The van der Waals surface area contributed by atoms with E-state index in [1.807, 2.05) is 0 Å². The van der Waals surface area contributed by atoms with Crippen LogP contribution in [0.25, 0.3) is 0 Å². The summed E-state index contributed by atoms with van der Waals surface area (Å²) in [5.74, 6) is 0.493. The van der Waals surface area contributed by atoms with Crippen LogP contribution >= 0.6 is 0 Å². The fourth-order valence-electron chi connectivity index (χ4n) is 10.7. The average molecular weight is 473 g/mol. The van der Waals surface area contributed by atoms with Gasteiger partial charge in [0.25, 0.3) is 0 Å². The summed E-state index contributed by atoms with van der Waals surface area (Å²) in [7, 11) is 0. The van der Waals surface area contributed by atoms with Crippen LogP contribution in [0.15, 0.2) is 11.6 Å². The van der Waals surface area contributed by atoms with Gasteiger partial charge in [-0.2, -0.15) is 0 Å². The number of hydrogen-bond donors (Lipinski definition) is 3. The SMILES string of the molecule is CC1(C)[C@H](O)CC[C@]2(C)[C@H]3CC=C4[C@@H]5C[C@](C)(CO)CC[C@]5(C(=O)O)CC[C@@]4(C)[C@]3(C)CC[C@@H]12. The fraction of sp³-hybridized carbons (Fsp3) is 0.900. The predicted molar refractivity (Wildman–Crippen MR) is 134 cm³/mol. The summed E-state index contributed by atoms with van der Waals surface area (Å²) in [4.78, 5) is 12.8. The molecule has 0 spiro atoms. The average Bonchev–Trinajstić information content (AvgIpc) is 2.77. The molecule has 0 aliphatic heterocycles. The molecule has 34 heavy (non-hydrogen) atoms.